The summed E-state index contributed by atoms with van der Waals surface area (Å²) in [6.07, 6.45) is 0.423. The van der Waals surface area contributed by atoms with Crippen molar-refractivity contribution in [3.05, 3.63) is 81.8 Å². The number of carboxylic acids is 1. The molecule has 0 bridgehead atoms. The fourth-order valence-electron chi connectivity index (χ4n) is 4.46. The van der Waals surface area contributed by atoms with Crippen LogP contribution in [0.1, 0.15) is 58.7 Å². The zero-order valence-electron chi connectivity index (χ0n) is 24.2. The fourth-order valence-corrected chi connectivity index (χ4v) is 7.11. The number of amides is 2. The Morgan fingerprint density at radius 2 is 1.20 bits per heavy atom. The Morgan fingerprint density at radius 3 is 1.69 bits per heavy atom. The molecule has 0 radical (unpaired) electrons. The summed E-state index contributed by atoms with van der Waals surface area (Å²) in [5, 5.41) is 53.2. The average molecular weight is 671 g/mol. The van der Waals surface area contributed by atoms with Crippen LogP contribution >= 0.6 is 34.4 Å². The van der Waals surface area contributed by atoms with Crippen molar-refractivity contribution in [2.75, 3.05) is 22.1 Å². The van der Waals surface area contributed by atoms with E-state index in [1.165, 1.54) is 22.7 Å². The van der Waals surface area contributed by atoms with Crippen LogP contribution in [0.25, 0.3) is 0 Å². The number of aliphatic carboxylic acids is 1. The van der Waals surface area contributed by atoms with Crippen molar-refractivity contribution in [3.63, 3.8) is 0 Å². The lowest BCUT2D eigenvalue weighted by atomic mass is 9.93. The summed E-state index contributed by atoms with van der Waals surface area (Å²) in [7, 11) is 0. The zero-order chi connectivity index (χ0) is 32.0. The molecule has 2 unspecified atom stereocenters. The molecule has 0 fully saturated rings. The van der Waals surface area contributed by atoms with Gasteiger partial charge in [-0.3, -0.25) is 14.4 Å². The maximum absolute atomic E-state index is 12.4. The summed E-state index contributed by atoms with van der Waals surface area (Å²) in [6.45, 7) is 0. The molecular weight excluding hydrogens is 637 g/mol. The first kappa shape index (κ1) is 34.1. The van der Waals surface area contributed by atoms with E-state index in [0.717, 1.165) is 27.1 Å². The van der Waals surface area contributed by atoms with Gasteiger partial charge in [0.1, 0.15) is 10.0 Å². The normalized spacial score (nSPS) is 12.5. The lowest BCUT2D eigenvalue weighted by Gasteiger charge is -2.18. The maximum atomic E-state index is 12.4. The van der Waals surface area contributed by atoms with Crippen molar-refractivity contribution in [3.8, 4) is 0 Å². The van der Waals surface area contributed by atoms with E-state index in [9.17, 15) is 29.7 Å². The summed E-state index contributed by atoms with van der Waals surface area (Å²) in [5.74, 6) is -1.26. The number of benzene rings is 2. The third-order valence-corrected chi connectivity index (χ3v) is 9.56. The van der Waals surface area contributed by atoms with Crippen LogP contribution < -0.4 is 10.6 Å². The molecule has 0 aliphatic rings. The van der Waals surface area contributed by atoms with Gasteiger partial charge < -0.3 is 26.0 Å². The first-order chi connectivity index (χ1) is 21.8. The van der Waals surface area contributed by atoms with Crippen LogP contribution in [-0.4, -0.2) is 71.3 Å². The van der Waals surface area contributed by atoms with Gasteiger partial charge in [0.05, 0.1) is 5.92 Å². The quantitative estimate of drug-likeness (QED) is 0.0750. The van der Waals surface area contributed by atoms with Gasteiger partial charge in [0.25, 0.3) is 0 Å². The Labute approximate surface area is 272 Å². The molecule has 0 spiro atoms. The molecule has 4 aromatic rings. The average Bonchev–Trinajstić information content (AvgIpc) is 3.67. The van der Waals surface area contributed by atoms with E-state index in [0.29, 0.717) is 28.7 Å². The number of nitrogens with zero attached hydrogens (tertiary/aromatic N) is 4. The molecule has 0 aliphatic carbocycles. The summed E-state index contributed by atoms with van der Waals surface area (Å²) >= 11 is 4.32. The second kappa shape index (κ2) is 17.7. The van der Waals surface area contributed by atoms with Crippen LogP contribution in [0.3, 0.4) is 0 Å². The van der Waals surface area contributed by atoms with E-state index in [1.54, 1.807) is 48.2 Å². The van der Waals surface area contributed by atoms with Crippen molar-refractivity contribution in [2.45, 2.75) is 56.7 Å². The van der Waals surface area contributed by atoms with Gasteiger partial charge >= 0.3 is 5.97 Å². The molecule has 2 amide bonds. The third-order valence-electron chi connectivity index (χ3n) is 6.78. The van der Waals surface area contributed by atoms with Gasteiger partial charge in [-0.1, -0.05) is 83.3 Å². The van der Waals surface area contributed by atoms with E-state index in [1.807, 2.05) is 24.3 Å². The maximum Gasteiger partial charge on any atom is 0.310 e. The minimum atomic E-state index is -1.56. The standard InChI is InChI=1S/C30H34N6O6S3/c37-23(13-11-21(27(39)40)19-7-3-1-4-8-19)31-29-35-33-25(44-29)15-17-43-18-16-26-34-36-30(45-26)32-24(38)14-12-22(28(41)42)20-9-5-2-6-10-20/h1-10,21-22,27,39-40H,11-18H2,(H,41,42)(H,31,35,37)(H,32,36,38). The molecule has 2 aromatic heterocycles. The van der Waals surface area contributed by atoms with Crippen LogP contribution in [0.15, 0.2) is 60.7 Å². The summed E-state index contributed by atoms with van der Waals surface area (Å²) in [5.41, 5.74) is 1.42. The Hall–Kier alpha value is -3.76. The molecule has 2 aromatic carbocycles. The molecule has 15 heteroatoms. The first-order valence-electron chi connectivity index (χ1n) is 14.3. The number of rotatable bonds is 18. The fraction of sp³-hybridized carbons (Fsp3) is 0.367. The van der Waals surface area contributed by atoms with Crippen LogP contribution in [0, 0.1) is 0 Å². The number of carbonyl (C=O) groups is 3. The second-order valence-corrected chi connectivity index (χ2v) is 13.4. The summed E-state index contributed by atoms with van der Waals surface area (Å²) in [6, 6.07) is 17.9. The highest BCUT2D eigenvalue weighted by Crippen LogP contribution is 2.26. The van der Waals surface area contributed by atoms with Gasteiger partial charge in [-0.25, -0.2) is 0 Å². The third kappa shape index (κ3) is 11.3. The van der Waals surface area contributed by atoms with Crippen molar-refractivity contribution in [2.24, 2.45) is 0 Å². The van der Waals surface area contributed by atoms with Gasteiger partial charge in [-0.15, -0.1) is 20.4 Å². The van der Waals surface area contributed by atoms with E-state index in [-0.39, 0.29) is 37.5 Å². The van der Waals surface area contributed by atoms with Gasteiger partial charge in [-0.2, -0.15) is 11.8 Å². The minimum Gasteiger partial charge on any atom is -0.481 e. The molecule has 0 saturated carbocycles. The van der Waals surface area contributed by atoms with E-state index >= 15 is 0 Å². The van der Waals surface area contributed by atoms with E-state index in [4.69, 9.17) is 0 Å². The zero-order valence-corrected chi connectivity index (χ0v) is 26.7. The predicted molar refractivity (Wildman–Crippen MR) is 175 cm³/mol. The lowest BCUT2D eigenvalue weighted by Crippen LogP contribution is -2.20. The number of hydrogen-bond acceptors (Lipinski definition) is 12. The number of aliphatic hydroxyl groups is 2. The van der Waals surface area contributed by atoms with E-state index < -0.39 is 24.1 Å². The molecule has 2 heterocycles. The number of nitrogens with one attached hydrogen (secondary N) is 2. The van der Waals surface area contributed by atoms with Gasteiger partial charge in [0.15, 0.2) is 6.29 Å². The van der Waals surface area contributed by atoms with E-state index in [2.05, 4.69) is 31.0 Å². The van der Waals surface area contributed by atoms with Crippen molar-refractivity contribution < 1.29 is 29.7 Å². The molecule has 238 valence electrons. The highest BCUT2D eigenvalue weighted by Gasteiger charge is 2.22. The number of carboxylic acid groups (broad SMARTS) is 1. The molecule has 12 nitrogen and oxygen atoms in total. The Bertz CT molecular complexity index is 1520. The predicted octanol–water partition coefficient (Wildman–Crippen LogP) is 4.31. The van der Waals surface area contributed by atoms with Crippen molar-refractivity contribution >= 4 is 62.5 Å². The largest absolute Gasteiger partial charge is 0.481 e. The first-order valence-corrected chi connectivity index (χ1v) is 17.1. The van der Waals surface area contributed by atoms with Gasteiger partial charge in [0.2, 0.25) is 22.1 Å². The smallest absolute Gasteiger partial charge is 0.310 e. The van der Waals surface area contributed by atoms with Gasteiger partial charge in [0, 0.05) is 31.6 Å². The number of thioether (sulfide) groups is 1. The number of aromatic nitrogens is 4. The number of anilines is 2. The topological polar surface area (TPSA) is 188 Å². The molecule has 0 saturated heterocycles. The number of aliphatic hydroxyl groups excluding tert-OH is 1. The summed E-state index contributed by atoms with van der Waals surface area (Å²) < 4.78 is 0. The molecule has 5 N–H and O–H groups in total. The number of hydrogen-bond donors (Lipinski definition) is 5. The summed E-state index contributed by atoms with van der Waals surface area (Å²) in [4.78, 5) is 36.5. The SMILES string of the molecule is O=C(CCC(C(=O)O)c1ccccc1)Nc1nnc(CCSCCc2nnc(NC(=O)CCC(c3ccccc3)C(O)O)s2)s1. The highest BCUT2D eigenvalue weighted by molar-refractivity contribution is 7.99. The monoisotopic (exact) mass is 670 g/mol. The highest BCUT2D eigenvalue weighted by atomic mass is 32.2. The van der Waals surface area contributed by atoms with Crippen LogP contribution in [0.2, 0.25) is 0 Å². The Morgan fingerprint density at radius 1 is 0.711 bits per heavy atom. The number of aryl methyl sites for hydroxylation is 2. The van der Waals surface area contributed by atoms with Crippen LogP contribution in [0.5, 0.6) is 0 Å². The van der Waals surface area contributed by atoms with Crippen LogP contribution in [-0.2, 0) is 27.2 Å². The molecule has 0 aliphatic heterocycles. The molecule has 45 heavy (non-hydrogen) atoms. The van der Waals surface area contributed by atoms with Crippen molar-refractivity contribution in [1.82, 2.24) is 20.4 Å². The minimum absolute atomic E-state index is 0.0518. The second-order valence-electron chi connectivity index (χ2n) is 10.0. The lowest BCUT2D eigenvalue weighted by molar-refractivity contribution is -0.139. The van der Waals surface area contributed by atoms with Gasteiger partial charge in [-0.05, 0) is 35.5 Å². The Kier molecular flexibility index (Phi) is 13.4. The Balaban J connectivity index is 1.11. The molecular formula is C30H34N6O6S3. The molecule has 2 atom stereocenters. The molecule has 4 rings (SSSR count). The number of carbonyl (C=O) groups excluding carboxylic acids is 2. The van der Waals surface area contributed by atoms with Crippen molar-refractivity contribution in [1.29, 1.82) is 0 Å². The van der Waals surface area contributed by atoms with Crippen LogP contribution in [0.4, 0.5) is 10.3 Å².